The predicted octanol–water partition coefficient (Wildman–Crippen LogP) is 3.01. The Labute approximate surface area is 148 Å². The standard InChI is InChI=1S/C17H17N5O4/c1-10-4-6-13(7-5-10)14-8-16(26-20-14)18-15(23)9-21-12(3)17(22(24)25)11(2)19-21/h4-8H,9H2,1-3H3,(H,18,23). The van der Waals surface area contributed by atoms with Crippen molar-refractivity contribution in [2.24, 2.45) is 0 Å². The molecular formula is C17H17N5O4. The van der Waals surface area contributed by atoms with Crippen LogP contribution in [0.25, 0.3) is 11.3 Å². The molecule has 0 aliphatic rings. The molecule has 1 aromatic carbocycles. The minimum absolute atomic E-state index is 0.0841. The molecule has 2 heterocycles. The van der Waals surface area contributed by atoms with Crippen molar-refractivity contribution < 1.29 is 14.2 Å². The van der Waals surface area contributed by atoms with Gasteiger partial charge in [0.2, 0.25) is 11.8 Å². The van der Waals surface area contributed by atoms with E-state index in [1.165, 1.54) is 11.6 Å². The van der Waals surface area contributed by atoms with E-state index in [4.69, 9.17) is 4.52 Å². The highest BCUT2D eigenvalue weighted by Crippen LogP contribution is 2.23. The lowest BCUT2D eigenvalue weighted by molar-refractivity contribution is -0.386. The van der Waals surface area contributed by atoms with Gasteiger partial charge in [0, 0.05) is 11.6 Å². The average molecular weight is 355 g/mol. The van der Waals surface area contributed by atoms with Gasteiger partial charge in [0.15, 0.2) is 0 Å². The van der Waals surface area contributed by atoms with Crippen LogP contribution in [0.1, 0.15) is 17.0 Å². The zero-order valence-electron chi connectivity index (χ0n) is 14.5. The molecule has 9 heteroatoms. The number of nitro groups is 1. The summed E-state index contributed by atoms with van der Waals surface area (Å²) in [7, 11) is 0. The van der Waals surface area contributed by atoms with Crippen molar-refractivity contribution >= 4 is 17.5 Å². The van der Waals surface area contributed by atoms with E-state index in [1.54, 1.807) is 13.0 Å². The SMILES string of the molecule is Cc1ccc(-c2cc(NC(=O)Cn3nc(C)c([N+](=O)[O-])c3C)on2)cc1. The Hall–Kier alpha value is -3.49. The van der Waals surface area contributed by atoms with Gasteiger partial charge in [0.1, 0.15) is 23.6 Å². The Bertz CT molecular complexity index is 972. The first kappa shape index (κ1) is 17.3. The highest BCUT2D eigenvalue weighted by molar-refractivity contribution is 5.89. The molecule has 134 valence electrons. The number of benzene rings is 1. The second-order valence-electron chi connectivity index (χ2n) is 5.92. The van der Waals surface area contributed by atoms with Crippen LogP contribution in [0.15, 0.2) is 34.9 Å². The molecule has 3 rings (SSSR count). The van der Waals surface area contributed by atoms with Crippen molar-refractivity contribution in [1.82, 2.24) is 14.9 Å². The lowest BCUT2D eigenvalue weighted by Crippen LogP contribution is -2.20. The minimum Gasteiger partial charge on any atom is -0.338 e. The first-order valence-electron chi connectivity index (χ1n) is 7.87. The summed E-state index contributed by atoms with van der Waals surface area (Å²) < 4.78 is 6.43. The average Bonchev–Trinajstić information content (AvgIpc) is 3.13. The summed E-state index contributed by atoms with van der Waals surface area (Å²) in [4.78, 5) is 22.7. The number of anilines is 1. The molecule has 26 heavy (non-hydrogen) atoms. The number of hydrogen-bond donors (Lipinski definition) is 1. The lowest BCUT2D eigenvalue weighted by Gasteiger charge is -2.03. The topological polar surface area (TPSA) is 116 Å². The fourth-order valence-electron chi connectivity index (χ4n) is 2.61. The van der Waals surface area contributed by atoms with Gasteiger partial charge in [-0.2, -0.15) is 5.10 Å². The summed E-state index contributed by atoms with van der Waals surface area (Å²) in [5, 5.41) is 21.6. The molecule has 0 saturated carbocycles. The predicted molar refractivity (Wildman–Crippen MR) is 93.7 cm³/mol. The van der Waals surface area contributed by atoms with Gasteiger partial charge in [-0.3, -0.25) is 24.9 Å². The fourth-order valence-corrected chi connectivity index (χ4v) is 2.61. The van der Waals surface area contributed by atoms with Gasteiger partial charge >= 0.3 is 5.69 Å². The van der Waals surface area contributed by atoms with Crippen LogP contribution in [-0.2, 0) is 11.3 Å². The number of aryl methyl sites for hydroxylation is 2. The maximum Gasteiger partial charge on any atom is 0.312 e. The molecule has 0 radical (unpaired) electrons. The van der Waals surface area contributed by atoms with Crippen LogP contribution < -0.4 is 5.32 Å². The van der Waals surface area contributed by atoms with E-state index in [1.807, 2.05) is 31.2 Å². The summed E-state index contributed by atoms with van der Waals surface area (Å²) in [6.45, 7) is 4.90. The van der Waals surface area contributed by atoms with Crippen LogP contribution in [0.4, 0.5) is 11.6 Å². The van der Waals surface area contributed by atoms with E-state index in [9.17, 15) is 14.9 Å². The van der Waals surface area contributed by atoms with Crippen molar-refractivity contribution in [3.63, 3.8) is 0 Å². The smallest absolute Gasteiger partial charge is 0.312 e. The Morgan fingerprint density at radius 2 is 1.96 bits per heavy atom. The van der Waals surface area contributed by atoms with E-state index in [0.717, 1.165) is 11.1 Å². The lowest BCUT2D eigenvalue weighted by atomic mass is 10.1. The third kappa shape index (κ3) is 3.46. The van der Waals surface area contributed by atoms with Gasteiger partial charge in [-0.1, -0.05) is 35.0 Å². The van der Waals surface area contributed by atoms with Crippen molar-refractivity contribution in [2.75, 3.05) is 5.32 Å². The zero-order valence-corrected chi connectivity index (χ0v) is 14.5. The second-order valence-corrected chi connectivity index (χ2v) is 5.92. The van der Waals surface area contributed by atoms with Crippen LogP contribution >= 0.6 is 0 Å². The van der Waals surface area contributed by atoms with Gasteiger partial charge < -0.3 is 4.52 Å². The number of carbonyl (C=O) groups is 1. The third-order valence-electron chi connectivity index (χ3n) is 3.94. The van der Waals surface area contributed by atoms with Crippen LogP contribution in [0.2, 0.25) is 0 Å². The first-order valence-corrected chi connectivity index (χ1v) is 7.87. The van der Waals surface area contributed by atoms with Gasteiger partial charge in [-0.25, -0.2) is 0 Å². The third-order valence-corrected chi connectivity index (χ3v) is 3.94. The molecule has 0 spiro atoms. The number of nitrogens with one attached hydrogen (secondary N) is 1. The number of carbonyl (C=O) groups excluding carboxylic acids is 1. The molecule has 0 fully saturated rings. The summed E-state index contributed by atoms with van der Waals surface area (Å²) in [6, 6.07) is 9.35. The summed E-state index contributed by atoms with van der Waals surface area (Å²) in [5.41, 5.74) is 3.10. The molecule has 0 bridgehead atoms. The quantitative estimate of drug-likeness (QED) is 0.555. The number of rotatable bonds is 5. The maximum absolute atomic E-state index is 12.2. The maximum atomic E-state index is 12.2. The van der Waals surface area contributed by atoms with Crippen molar-refractivity contribution in [3.8, 4) is 11.3 Å². The number of aromatic nitrogens is 3. The van der Waals surface area contributed by atoms with E-state index < -0.39 is 10.8 Å². The van der Waals surface area contributed by atoms with Crippen molar-refractivity contribution in [2.45, 2.75) is 27.3 Å². The van der Waals surface area contributed by atoms with Crippen molar-refractivity contribution in [3.05, 3.63) is 57.4 Å². The molecule has 1 amide bonds. The van der Waals surface area contributed by atoms with E-state index in [-0.39, 0.29) is 23.8 Å². The summed E-state index contributed by atoms with van der Waals surface area (Å²) in [6.07, 6.45) is 0. The normalized spacial score (nSPS) is 10.7. The first-order chi connectivity index (χ1) is 12.3. The van der Waals surface area contributed by atoms with Gasteiger partial charge in [-0.05, 0) is 20.8 Å². The zero-order chi connectivity index (χ0) is 18.8. The Morgan fingerprint density at radius 1 is 1.27 bits per heavy atom. The largest absolute Gasteiger partial charge is 0.338 e. The van der Waals surface area contributed by atoms with Gasteiger partial charge in [-0.15, -0.1) is 0 Å². The molecule has 3 aromatic rings. The molecule has 0 saturated heterocycles. The van der Waals surface area contributed by atoms with E-state index >= 15 is 0 Å². The Kier molecular flexibility index (Phi) is 4.53. The fraction of sp³-hybridized carbons (Fsp3) is 0.235. The van der Waals surface area contributed by atoms with Gasteiger partial charge in [0.25, 0.3) is 0 Å². The summed E-state index contributed by atoms with van der Waals surface area (Å²) >= 11 is 0. The molecule has 1 N–H and O–H groups in total. The van der Waals surface area contributed by atoms with Crippen LogP contribution in [-0.4, -0.2) is 25.8 Å². The van der Waals surface area contributed by atoms with Crippen molar-refractivity contribution in [1.29, 1.82) is 0 Å². The molecule has 0 aliphatic carbocycles. The highest BCUT2D eigenvalue weighted by atomic mass is 16.6. The van der Waals surface area contributed by atoms with Gasteiger partial charge in [0.05, 0.1) is 4.92 Å². The van der Waals surface area contributed by atoms with E-state index in [0.29, 0.717) is 11.4 Å². The molecule has 2 aromatic heterocycles. The molecular weight excluding hydrogens is 338 g/mol. The number of nitrogens with zero attached hydrogens (tertiary/aromatic N) is 4. The molecule has 9 nitrogen and oxygen atoms in total. The highest BCUT2D eigenvalue weighted by Gasteiger charge is 2.23. The molecule has 0 unspecified atom stereocenters. The van der Waals surface area contributed by atoms with Crippen LogP contribution in [0.5, 0.6) is 0 Å². The molecule has 0 atom stereocenters. The van der Waals surface area contributed by atoms with Crippen LogP contribution in [0, 0.1) is 30.9 Å². The molecule has 0 aliphatic heterocycles. The minimum atomic E-state index is -0.504. The Morgan fingerprint density at radius 3 is 2.58 bits per heavy atom. The second kappa shape index (κ2) is 6.79. The number of amides is 1. The monoisotopic (exact) mass is 355 g/mol. The van der Waals surface area contributed by atoms with Crippen LogP contribution in [0.3, 0.4) is 0 Å². The summed E-state index contributed by atoms with van der Waals surface area (Å²) in [5.74, 6) is -0.223. The Balaban J connectivity index is 1.70. The van der Waals surface area contributed by atoms with E-state index in [2.05, 4.69) is 15.6 Å². The number of hydrogen-bond acceptors (Lipinski definition) is 6.